The molecule has 2 aromatic heterocycles. The van der Waals surface area contributed by atoms with E-state index in [1.54, 1.807) is 6.07 Å². The molecule has 5 rings (SSSR count). The van der Waals surface area contributed by atoms with Crippen LogP contribution in [0.4, 0.5) is 10.1 Å². The summed E-state index contributed by atoms with van der Waals surface area (Å²) in [4.78, 5) is 9.35. The summed E-state index contributed by atoms with van der Waals surface area (Å²) >= 11 is 12.4. The number of para-hydroxylation sites is 1. The monoisotopic (exact) mass is 454 g/mol. The molecule has 1 aliphatic rings. The Morgan fingerprint density at radius 3 is 2.29 bits per heavy atom. The van der Waals surface area contributed by atoms with Gasteiger partial charge in [0.05, 0.1) is 22.1 Å². The van der Waals surface area contributed by atoms with Crippen molar-refractivity contribution in [3.63, 3.8) is 0 Å². The Bertz CT molecular complexity index is 1210. The molecule has 0 saturated carbocycles. The molecule has 31 heavy (non-hydrogen) atoms. The van der Waals surface area contributed by atoms with Crippen molar-refractivity contribution in [2.24, 2.45) is 0 Å². The Kier molecular flexibility index (Phi) is 5.57. The quantitative estimate of drug-likeness (QED) is 0.391. The van der Waals surface area contributed by atoms with E-state index in [9.17, 15) is 4.39 Å². The van der Waals surface area contributed by atoms with E-state index < -0.39 is 0 Å². The lowest BCUT2D eigenvalue weighted by Gasteiger charge is -2.36. The van der Waals surface area contributed by atoms with Crippen molar-refractivity contribution in [3.05, 3.63) is 88.4 Å². The molecule has 0 bridgehead atoms. The molecule has 2 aromatic carbocycles. The van der Waals surface area contributed by atoms with Crippen LogP contribution < -0.4 is 4.90 Å². The summed E-state index contributed by atoms with van der Waals surface area (Å²) in [6.45, 7) is 3.94. The lowest BCUT2D eigenvalue weighted by Crippen LogP contribution is -2.46. The first-order valence-electron chi connectivity index (χ1n) is 10.2. The Labute approximate surface area is 190 Å². The van der Waals surface area contributed by atoms with Gasteiger partial charge in [-0.25, -0.2) is 9.37 Å². The molecule has 1 fully saturated rings. The number of rotatable bonds is 4. The summed E-state index contributed by atoms with van der Waals surface area (Å²) in [5, 5.41) is 1.36. The van der Waals surface area contributed by atoms with Crippen LogP contribution in [-0.4, -0.2) is 40.5 Å². The Morgan fingerprint density at radius 1 is 0.839 bits per heavy atom. The zero-order chi connectivity index (χ0) is 21.4. The van der Waals surface area contributed by atoms with Crippen LogP contribution in [0.1, 0.15) is 5.69 Å². The predicted octanol–water partition coefficient (Wildman–Crippen LogP) is 5.77. The van der Waals surface area contributed by atoms with E-state index in [0.29, 0.717) is 15.7 Å². The summed E-state index contributed by atoms with van der Waals surface area (Å²) in [5.74, 6) is -0.169. The number of fused-ring (bicyclic) bond motifs is 1. The van der Waals surface area contributed by atoms with Gasteiger partial charge < -0.3 is 9.30 Å². The third-order valence-corrected chi connectivity index (χ3v) is 6.21. The van der Waals surface area contributed by atoms with E-state index in [4.69, 9.17) is 28.2 Å². The van der Waals surface area contributed by atoms with E-state index in [1.807, 2.05) is 54.7 Å². The molecule has 1 saturated heterocycles. The average Bonchev–Trinajstić information content (AvgIpc) is 3.13. The van der Waals surface area contributed by atoms with Gasteiger partial charge >= 0.3 is 0 Å². The highest BCUT2D eigenvalue weighted by molar-refractivity contribution is 6.30. The molecule has 0 atom stereocenters. The van der Waals surface area contributed by atoms with Gasteiger partial charge in [0.25, 0.3) is 0 Å². The third kappa shape index (κ3) is 4.13. The zero-order valence-electron chi connectivity index (χ0n) is 16.8. The van der Waals surface area contributed by atoms with E-state index in [1.165, 1.54) is 6.07 Å². The van der Waals surface area contributed by atoms with Gasteiger partial charge in [-0.1, -0.05) is 47.5 Å². The van der Waals surface area contributed by atoms with E-state index in [-0.39, 0.29) is 5.82 Å². The summed E-state index contributed by atoms with van der Waals surface area (Å²) in [6.07, 6.45) is 1.91. The van der Waals surface area contributed by atoms with Crippen molar-refractivity contribution in [3.8, 4) is 11.3 Å². The van der Waals surface area contributed by atoms with E-state index >= 15 is 0 Å². The fourth-order valence-corrected chi connectivity index (χ4v) is 4.41. The maximum atomic E-state index is 14.2. The lowest BCUT2D eigenvalue weighted by atomic mass is 10.1. The highest BCUT2D eigenvalue weighted by Gasteiger charge is 2.22. The van der Waals surface area contributed by atoms with Crippen LogP contribution in [0.2, 0.25) is 10.0 Å². The van der Waals surface area contributed by atoms with Gasteiger partial charge in [0.2, 0.25) is 0 Å². The number of imidazole rings is 1. The summed E-state index contributed by atoms with van der Waals surface area (Å²) in [6, 6.07) is 18.5. The Balaban J connectivity index is 1.42. The molecule has 0 amide bonds. The van der Waals surface area contributed by atoms with Crippen molar-refractivity contribution in [2.75, 3.05) is 31.1 Å². The molecule has 4 aromatic rings. The molecule has 0 unspecified atom stereocenters. The van der Waals surface area contributed by atoms with E-state index in [0.717, 1.165) is 55.3 Å². The van der Waals surface area contributed by atoms with Crippen LogP contribution in [0.25, 0.3) is 16.9 Å². The molecule has 4 nitrogen and oxygen atoms in total. The van der Waals surface area contributed by atoms with Gasteiger partial charge in [0, 0.05) is 49.5 Å². The van der Waals surface area contributed by atoms with Crippen LogP contribution >= 0.6 is 23.2 Å². The van der Waals surface area contributed by atoms with Crippen LogP contribution in [0.5, 0.6) is 0 Å². The minimum atomic E-state index is -0.169. The first kappa shape index (κ1) is 20.3. The maximum Gasteiger partial charge on any atom is 0.146 e. The molecule has 7 heteroatoms. The van der Waals surface area contributed by atoms with Crippen LogP contribution in [0, 0.1) is 5.82 Å². The van der Waals surface area contributed by atoms with Gasteiger partial charge in [-0.15, -0.1) is 0 Å². The highest BCUT2D eigenvalue weighted by atomic mass is 35.5. The minimum absolute atomic E-state index is 0.169. The Hall–Kier alpha value is -2.60. The van der Waals surface area contributed by atoms with E-state index in [2.05, 4.69) is 14.2 Å². The average molecular weight is 455 g/mol. The normalized spacial score (nSPS) is 15.0. The van der Waals surface area contributed by atoms with Crippen molar-refractivity contribution in [1.29, 1.82) is 0 Å². The maximum absolute atomic E-state index is 14.2. The Morgan fingerprint density at radius 2 is 1.55 bits per heavy atom. The van der Waals surface area contributed by atoms with Crippen LogP contribution in [0.15, 0.2) is 66.9 Å². The predicted molar refractivity (Wildman–Crippen MR) is 125 cm³/mol. The molecule has 0 radical (unpaired) electrons. The van der Waals surface area contributed by atoms with Crippen molar-refractivity contribution in [1.82, 2.24) is 14.3 Å². The van der Waals surface area contributed by atoms with Gasteiger partial charge in [-0.05, 0) is 36.4 Å². The summed E-state index contributed by atoms with van der Waals surface area (Å²) in [5.41, 5.74) is 4.55. The number of piperazine rings is 1. The van der Waals surface area contributed by atoms with Crippen LogP contribution in [0.3, 0.4) is 0 Å². The number of nitrogens with zero attached hydrogens (tertiary/aromatic N) is 4. The topological polar surface area (TPSA) is 23.8 Å². The molecule has 1 aliphatic heterocycles. The first-order valence-corrected chi connectivity index (χ1v) is 11.0. The second-order valence-corrected chi connectivity index (χ2v) is 8.58. The fourth-order valence-electron chi connectivity index (χ4n) is 4.12. The summed E-state index contributed by atoms with van der Waals surface area (Å²) < 4.78 is 16.2. The van der Waals surface area contributed by atoms with Crippen molar-refractivity contribution >= 4 is 34.5 Å². The van der Waals surface area contributed by atoms with Crippen molar-refractivity contribution < 1.29 is 4.39 Å². The second-order valence-electron chi connectivity index (χ2n) is 7.70. The number of hydrogen-bond acceptors (Lipinski definition) is 3. The van der Waals surface area contributed by atoms with Gasteiger partial charge in [-0.2, -0.15) is 0 Å². The molecule has 0 spiro atoms. The number of aromatic nitrogens is 2. The number of benzene rings is 2. The number of halogens is 3. The fraction of sp³-hybridized carbons (Fsp3) is 0.208. The molecular weight excluding hydrogens is 434 g/mol. The number of anilines is 1. The lowest BCUT2D eigenvalue weighted by molar-refractivity contribution is 0.246. The molecular formula is C24H21Cl2FN4. The van der Waals surface area contributed by atoms with Gasteiger partial charge in [0.15, 0.2) is 0 Å². The van der Waals surface area contributed by atoms with Gasteiger partial charge in [-0.3, -0.25) is 4.90 Å². The smallest absolute Gasteiger partial charge is 0.146 e. The first-order chi connectivity index (χ1) is 15.1. The largest absolute Gasteiger partial charge is 0.367 e. The second kappa shape index (κ2) is 8.50. The van der Waals surface area contributed by atoms with Gasteiger partial charge in [0.1, 0.15) is 11.5 Å². The standard InChI is InChI=1S/C24H21Cl2FN4/c25-18-7-5-17(6-8-18)24-22(31-15-19(26)9-10-23(31)28-24)16-29-11-13-30(14-12-29)21-4-2-1-3-20(21)27/h1-10,15H,11-14,16H2. The number of pyridine rings is 1. The minimum Gasteiger partial charge on any atom is -0.367 e. The molecule has 158 valence electrons. The van der Waals surface area contributed by atoms with Crippen molar-refractivity contribution in [2.45, 2.75) is 6.54 Å². The molecule has 3 heterocycles. The zero-order valence-corrected chi connectivity index (χ0v) is 18.3. The SMILES string of the molecule is Fc1ccccc1N1CCN(Cc2c(-c3ccc(Cl)cc3)nc3ccc(Cl)cn23)CC1. The molecule has 0 N–H and O–H groups in total. The van der Waals surface area contributed by atoms with Crippen LogP contribution in [-0.2, 0) is 6.54 Å². The summed E-state index contributed by atoms with van der Waals surface area (Å²) in [7, 11) is 0. The number of hydrogen-bond donors (Lipinski definition) is 0. The highest BCUT2D eigenvalue weighted by Crippen LogP contribution is 2.29. The molecule has 0 aliphatic carbocycles. The third-order valence-electron chi connectivity index (χ3n) is 5.74.